The quantitative estimate of drug-likeness (QED) is 0.396. The van der Waals surface area contributed by atoms with Crippen molar-refractivity contribution in [2.24, 2.45) is 0 Å². The number of carbonyl (C=O) groups excluding carboxylic acids is 2. The van der Waals surface area contributed by atoms with Gasteiger partial charge in [0.25, 0.3) is 5.91 Å². The van der Waals surface area contributed by atoms with E-state index < -0.39 is 24.2 Å². The maximum atomic E-state index is 12.7. The number of pyridine rings is 1. The molecule has 30 heavy (non-hydrogen) atoms. The fourth-order valence-corrected chi connectivity index (χ4v) is 2.83. The van der Waals surface area contributed by atoms with Crippen LogP contribution >= 0.6 is 23.2 Å². The van der Waals surface area contributed by atoms with Crippen molar-refractivity contribution in [3.63, 3.8) is 0 Å². The second kappa shape index (κ2) is 9.51. The third kappa shape index (κ3) is 5.22. The first kappa shape index (κ1) is 21.5. The van der Waals surface area contributed by atoms with E-state index in [1.54, 1.807) is 18.2 Å². The smallest absolute Gasteiger partial charge is 0.387 e. The minimum absolute atomic E-state index is 0.0172. The number of esters is 1. The molecule has 10 heteroatoms. The van der Waals surface area contributed by atoms with Gasteiger partial charge in [0.15, 0.2) is 11.5 Å². The number of amides is 1. The Kier molecular flexibility index (Phi) is 6.81. The predicted octanol–water partition coefficient (Wildman–Crippen LogP) is 5.46. The molecular formula is C20H12Cl2F2N2O4. The zero-order valence-electron chi connectivity index (χ0n) is 14.9. The monoisotopic (exact) mass is 452 g/mol. The number of nitrogens with zero attached hydrogens (tertiary/aromatic N) is 1. The number of anilines is 1. The summed E-state index contributed by atoms with van der Waals surface area (Å²) in [4.78, 5) is 28.7. The SMILES string of the molecule is O=C(Nc1c(Cl)cncc1Cl)c1ccc(OC(F)F)c(OC(=O)c2ccccc2)c1. The molecule has 2 aromatic carbocycles. The van der Waals surface area contributed by atoms with Gasteiger partial charge in [0.1, 0.15) is 0 Å². The fourth-order valence-electron chi connectivity index (χ4n) is 2.37. The number of carbonyl (C=O) groups is 2. The zero-order valence-corrected chi connectivity index (χ0v) is 16.5. The molecule has 6 nitrogen and oxygen atoms in total. The average Bonchev–Trinajstić information content (AvgIpc) is 2.72. The number of halogens is 4. The molecule has 1 heterocycles. The van der Waals surface area contributed by atoms with Crippen LogP contribution in [0.15, 0.2) is 60.9 Å². The molecule has 0 atom stereocenters. The lowest BCUT2D eigenvalue weighted by Gasteiger charge is -2.13. The summed E-state index contributed by atoms with van der Waals surface area (Å²) in [6.07, 6.45) is 2.57. The zero-order chi connectivity index (χ0) is 21.7. The molecule has 0 fully saturated rings. The van der Waals surface area contributed by atoms with Gasteiger partial charge >= 0.3 is 12.6 Å². The Bertz CT molecular complexity index is 1060. The van der Waals surface area contributed by atoms with Gasteiger partial charge in [0, 0.05) is 18.0 Å². The summed E-state index contributed by atoms with van der Waals surface area (Å²) < 4.78 is 35.0. The minimum Gasteiger partial charge on any atom is -0.431 e. The Morgan fingerprint density at radius 2 is 1.60 bits per heavy atom. The lowest BCUT2D eigenvalue weighted by molar-refractivity contribution is -0.0512. The van der Waals surface area contributed by atoms with Gasteiger partial charge in [0.05, 0.1) is 21.3 Å². The lowest BCUT2D eigenvalue weighted by atomic mass is 10.1. The Morgan fingerprint density at radius 1 is 0.933 bits per heavy atom. The summed E-state index contributed by atoms with van der Waals surface area (Å²) in [5, 5.41) is 2.70. The summed E-state index contributed by atoms with van der Waals surface area (Å²) in [6, 6.07) is 11.3. The Morgan fingerprint density at radius 3 is 2.23 bits per heavy atom. The van der Waals surface area contributed by atoms with Crippen molar-refractivity contribution in [2.45, 2.75) is 6.61 Å². The molecule has 1 amide bonds. The van der Waals surface area contributed by atoms with E-state index in [0.717, 1.165) is 12.1 Å². The van der Waals surface area contributed by atoms with Gasteiger partial charge in [0.2, 0.25) is 0 Å². The van der Waals surface area contributed by atoms with Crippen molar-refractivity contribution in [1.29, 1.82) is 0 Å². The molecule has 1 N–H and O–H groups in total. The number of ether oxygens (including phenoxy) is 2. The lowest BCUT2D eigenvalue weighted by Crippen LogP contribution is -2.15. The highest BCUT2D eigenvalue weighted by atomic mass is 35.5. The number of rotatable bonds is 6. The maximum Gasteiger partial charge on any atom is 0.387 e. The Labute approximate surface area is 179 Å². The van der Waals surface area contributed by atoms with Crippen LogP contribution in [0.25, 0.3) is 0 Å². The number of hydrogen-bond donors (Lipinski definition) is 1. The topological polar surface area (TPSA) is 77.5 Å². The van der Waals surface area contributed by atoms with Gasteiger partial charge in [-0.25, -0.2) is 4.79 Å². The van der Waals surface area contributed by atoms with E-state index in [1.807, 2.05) is 0 Å². The average molecular weight is 453 g/mol. The molecule has 0 saturated carbocycles. The highest BCUT2D eigenvalue weighted by molar-refractivity contribution is 6.39. The van der Waals surface area contributed by atoms with Crippen LogP contribution in [0.3, 0.4) is 0 Å². The Hall–Kier alpha value is -3.23. The summed E-state index contributed by atoms with van der Waals surface area (Å²) in [6.45, 7) is -3.16. The van der Waals surface area contributed by atoms with Crippen LogP contribution < -0.4 is 14.8 Å². The van der Waals surface area contributed by atoms with E-state index >= 15 is 0 Å². The second-order valence-electron chi connectivity index (χ2n) is 5.73. The third-order valence-corrected chi connectivity index (χ3v) is 4.30. The molecule has 0 aliphatic heterocycles. The summed E-state index contributed by atoms with van der Waals surface area (Å²) in [5.74, 6) is -2.26. The largest absolute Gasteiger partial charge is 0.431 e. The summed E-state index contributed by atoms with van der Waals surface area (Å²) >= 11 is 12.0. The summed E-state index contributed by atoms with van der Waals surface area (Å²) in [7, 11) is 0. The first-order valence-electron chi connectivity index (χ1n) is 8.31. The third-order valence-electron chi connectivity index (χ3n) is 3.73. The molecule has 0 bridgehead atoms. The van der Waals surface area contributed by atoms with E-state index in [0.29, 0.717) is 0 Å². The van der Waals surface area contributed by atoms with Gasteiger partial charge in [-0.1, -0.05) is 41.4 Å². The molecule has 1 aromatic heterocycles. The summed E-state index contributed by atoms with van der Waals surface area (Å²) in [5.41, 5.74) is 0.288. The molecule has 0 aliphatic rings. The first-order valence-corrected chi connectivity index (χ1v) is 9.07. The van der Waals surface area contributed by atoms with Crippen molar-refractivity contribution in [2.75, 3.05) is 5.32 Å². The molecule has 0 aliphatic carbocycles. The van der Waals surface area contributed by atoms with Crippen molar-refractivity contribution < 1.29 is 27.8 Å². The van der Waals surface area contributed by atoms with E-state index in [2.05, 4.69) is 15.0 Å². The van der Waals surface area contributed by atoms with Gasteiger partial charge in [-0.15, -0.1) is 0 Å². The number of benzene rings is 2. The van der Waals surface area contributed by atoms with E-state index in [9.17, 15) is 18.4 Å². The van der Waals surface area contributed by atoms with Crippen LogP contribution in [0, 0.1) is 0 Å². The molecule has 0 spiro atoms. The first-order chi connectivity index (χ1) is 14.3. The van der Waals surface area contributed by atoms with Crippen molar-refractivity contribution >= 4 is 40.8 Å². The van der Waals surface area contributed by atoms with Crippen LogP contribution in [-0.4, -0.2) is 23.5 Å². The van der Waals surface area contributed by atoms with E-state index in [-0.39, 0.29) is 32.6 Å². The molecule has 0 saturated heterocycles. The molecular weight excluding hydrogens is 441 g/mol. The number of alkyl halides is 2. The van der Waals surface area contributed by atoms with Gasteiger partial charge in [-0.2, -0.15) is 8.78 Å². The van der Waals surface area contributed by atoms with Crippen LogP contribution in [-0.2, 0) is 0 Å². The maximum absolute atomic E-state index is 12.7. The molecule has 3 aromatic rings. The van der Waals surface area contributed by atoms with Crippen molar-refractivity contribution in [3.05, 3.63) is 82.1 Å². The van der Waals surface area contributed by atoms with Gasteiger partial charge in [-0.05, 0) is 30.3 Å². The predicted molar refractivity (Wildman–Crippen MR) is 107 cm³/mol. The van der Waals surface area contributed by atoms with Crippen molar-refractivity contribution in [1.82, 2.24) is 4.98 Å². The normalized spacial score (nSPS) is 10.6. The van der Waals surface area contributed by atoms with Gasteiger partial charge < -0.3 is 14.8 Å². The van der Waals surface area contributed by atoms with E-state index in [1.165, 1.54) is 30.6 Å². The number of nitrogens with one attached hydrogen (secondary N) is 1. The van der Waals surface area contributed by atoms with Gasteiger partial charge in [-0.3, -0.25) is 9.78 Å². The molecule has 3 rings (SSSR count). The number of aromatic nitrogens is 1. The number of hydrogen-bond acceptors (Lipinski definition) is 5. The molecule has 154 valence electrons. The highest BCUT2D eigenvalue weighted by Gasteiger charge is 2.19. The second-order valence-corrected chi connectivity index (χ2v) is 6.54. The highest BCUT2D eigenvalue weighted by Crippen LogP contribution is 2.32. The van der Waals surface area contributed by atoms with Crippen LogP contribution in [0.5, 0.6) is 11.5 Å². The standard InChI is InChI=1S/C20H12Cl2F2N2O4/c21-13-9-25-10-14(22)17(13)26-18(27)12-6-7-15(30-20(23)24)16(8-12)29-19(28)11-4-2-1-3-5-11/h1-10,20H,(H,25,26,27). The van der Waals surface area contributed by atoms with Crippen LogP contribution in [0.2, 0.25) is 10.0 Å². The van der Waals surface area contributed by atoms with Crippen LogP contribution in [0.1, 0.15) is 20.7 Å². The van der Waals surface area contributed by atoms with Crippen LogP contribution in [0.4, 0.5) is 14.5 Å². The molecule has 0 unspecified atom stereocenters. The fraction of sp³-hybridized carbons (Fsp3) is 0.0500. The molecule has 0 radical (unpaired) electrons. The minimum atomic E-state index is -3.16. The Balaban J connectivity index is 1.90. The van der Waals surface area contributed by atoms with E-state index in [4.69, 9.17) is 27.9 Å². The van der Waals surface area contributed by atoms with Crippen molar-refractivity contribution in [3.8, 4) is 11.5 Å².